The summed E-state index contributed by atoms with van der Waals surface area (Å²) < 4.78 is 5.03. The van der Waals surface area contributed by atoms with Crippen LogP contribution >= 0.6 is 0 Å². The third kappa shape index (κ3) is 3.71. The van der Waals surface area contributed by atoms with Gasteiger partial charge < -0.3 is 21.1 Å². The van der Waals surface area contributed by atoms with Crippen LogP contribution in [-0.2, 0) is 9.53 Å². The topological polar surface area (TPSA) is 96.7 Å². The molecule has 7 nitrogen and oxygen atoms in total. The largest absolute Gasteiger partial charge is 0.463 e. The Hall–Kier alpha value is -1.60. The molecule has 2 heterocycles. The van der Waals surface area contributed by atoms with E-state index in [1.54, 1.807) is 6.92 Å². The van der Waals surface area contributed by atoms with Gasteiger partial charge in [-0.15, -0.1) is 0 Å². The van der Waals surface area contributed by atoms with E-state index in [1.165, 1.54) is 0 Å². The summed E-state index contributed by atoms with van der Waals surface area (Å²) in [7, 11) is 0. The number of nitrogens with one attached hydrogen (secondary N) is 2. The number of likely N-dealkylation sites (tertiary alicyclic amines) is 1. The summed E-state index contributed by atoms with van der Waals surface area (Å²) in [5.74, 6) is -0.378. The molecule has 4 N–H and O–H groups in total. The van der Waals surface area contributed by atoms with E-state index < -0.39 is 0 Å². The van der Waals surface area contributed by atoms with Crippen molar-refractivity contribution in [1.82, 2.24) is 15.5 Å². The van der Waals surface area contributed by atoms with Gasteiger partial charge in [0.1, 0.15) is 0 Å². The first kappa shape index (κ1) is 14.8. The molecule has 2 rings (SSSR count). The molecule has 20 heavy (non-hydrogen) atoms. The Kier molecular flexibility index (Phi) is 4.97. The van der Waals surface area contributed by atoms with Crippen LogP contribution in [0.1, 0.15) is 19.8 Å². The Bertz CT molecular complexity index is 422. The maximum atomic E-state index is 11.9. The minimum Gasteiger partial charge on any atom is -0.463 e. The number of carbonyl (C=O) groups is 2. The van der Waals surface area contributed by atoms with Gasteiger partial charge in [0.05, 0.1) is 18.7 Å². The SMILES string of the molecule is CCOC(=O)C1=C(CN2CCC[C@@H](N)C2)NC(=O)NC1. The highest BCUT2D eigenvalue weighted by molar-refractivity contribution is 5.93. The van der Waals surface area contributed by atoms with Gasteiger partial charge in [0.2, 0.25) is 0 Å². The van der Waals surface area contributed by atoms with E-state index in [9.17, 15) is 9.59 Å². The average molecular weight is 282 g/mol. The van der Waals surface area contributed by atoms with Gasteiger partial charge in [-0.3, -0.25) is 4.90 Å². The number of rotatable bonds is 4. The number of hydrogen-bond acceptors (Lipinski definition) is 5. The summed E-state index contributed by atoms with van der Waals surface area (Å²) in [4.78, 5) is 25.5. The lowest BCUT2D eigenvalue weighted by atomic mass is 10.1. The van der Waals surface area contributed by atoms with Gasteiger partial charge >= 0.3 is 12.0 Å². The molecule has 0 saturated carbocycles. The zero-order valence-corrected chi connectivity index (χ0v) is 11.8. The Balaban J connectivity index is 2.09. The number of nitrogens with two attached hydrogens (primary N) is 1. The third-order valence-electron chi connectivity index (χ3n) is 3.50. The van der Waals surface area contributed by atoms with E-state index in [1.807, 2.05) is 0 Å². The van der Waals surface area contributed by atoms with Crippen LogP contribution < -0.4 is 16.4 Å². The van der Waals surface area contributed by atoms with Crippen LogP contribution in [-0.4, -0.2) is 55.7 Å². The van der Waals surface area contributed by atoms with E-state index in [2.05, 4.69) is 15.5 Å². The van der Waals surface area contributed by atoms with E-state index in [0.717, 1.165) is 25.9 Å². The van der Waals surface area contributed by atoms with Gasteiger partial charge in [0.25, 0.3) is 0 Å². The van der Waals surface area contributed by atoms with E-state index in [0.29, 0.717) is 24.4 Å². The lowest BCUT2D eigenvalue weighted by Crippen LogP contribution is -2.49. The molecule has 0 unspecified atom stereocenters. The molecule has 0 aromatic carbocycles. The number of urea groups is 1. The van der Waals surface area contributed by atoms with Crippen molar-refractivity contribution in [2.75, 3.05) is 32.8 Å². The zero-order valence-electron chi connectivity index (χ0n) is 11.8. The lowest BCUT2D eigenvalue weighted by molar-refractivity contribution is -0.138. The fourth-order valence-electron chi connectivity index (χ4n) is 2.54. The molecule has 0 aromatic rings. The highest BCUT2D eigenvalue weighted by Gasteiger charge is 2.26. The molecule has 2 aliphatic heterocycles. The molecule has 1 fully saturated rings. The fraction of sp³-hybridized carbons (Fsp3) is 0.692. The van der Waals surface area contributed by atoms with Crippen LogP contribution in [0, 0.1) is 0 Å². The lowest BCUT2D eigenvalue weighted by Gasteiger charge is -2.32. The molecule has 2 aliphatic rings. The molecule has 1 saturated heterocycles. The van der Waals surface area contributed by atoms with Crippen molar-refractivity contribution < 1.29 is 14.3 Å². The smallest absolute Gasteiger partial charge is 0.337 e. The van der Waals surface area contributed by atoms with Crippen LogP contribution in [0.4, 0.5) is 4.79 Å². The number of hydrogen-bond donors (Lipinski definition) is 3. The van der Waals surface area contributed by atoms with Gasteiger partial charge in [-0.25, -0.2) is 9.59 Å². The van der Waals surface area contributed by atoms with Crippen molar-refractivity contribution in [3.8, 4) is 0 Å². The maximum Gasteiger partial charge on any atom is 0.337 e. The highest BCUT2D eigenvalue weighted by atomic mass is 16.5. The van der Waals surface area contributed by atoms with Crippen LogP contribution in [0.2, 0.25) is 0 Å². The Morgan fingerprint density at radius 2 is 2.35 bits per heavy atom. The standard InChI is InChI=1S/C13H22N4O3/c1-2-20-12(18)10-6-15-13(19)16-11(10)8-17-5-3-4-9(14)7-17/h9H,2-8,14H2,1H3,(H2,15,16,19)/t9-/m1/s1. The summed E-state index contributed by atoms with van der Waals surface area (Å²) in [5.41, 5.74) is 7.07. The minimum atomic E-state index is -0.378. The van der Waals surface area contributed by atoms with Crippen molar-refractivity contribution in [3.05, 3.63) is 11.3 Å². The second kappa shape index (κ2) is 6.71. The first-order chi connectivity index (χ1) is 9.60. The van der Waals surface area contributed by atoms with Gasteiger partial charge in [-0.2, -0.15) is 0 Å². The van der Waals surface area contributed by atoms with Crippen LogP contribution in [0.5, 0.6) is 0 Å². The highest BCUT2D eigenvalue weighted by Crippen LogP contribution is 2.14. The number of esters is 1. The van der Waals surface area contributed by atoms with Gasteiger partial charge in [0.15, 0.2) is 0 Å². The predicted octanol–water partition coefficient (Wildman–Crippen LogP) is -0.460. The summed E-state index contributed by atoms with van der Waals surface area (Å²) in [6, 6.07) is -0.123. The summed E-state index contributed by atoms with van der Waals surface area (Å²) >= 11 is 0. The number of carbonyl (C=O) groups excluding carboxylic acids is 2. The van der Waals surface area contributed by atoms with E-state index in [-0.39, 0.29) is 24.6 Å². The summed E-state index contributed by atoms with van der Waals surface area (Å²) in [6.45, 7) is 4.52. The van der Waals surface area contributed by atoms with Crippen molar-refractivity contribution in [3.63, 3.8) is 0 Å². The summed E-state index contributed by atoms with van der Waals surface area (Å²) in [6.07, 6.45) is 2.06. The molecule has 1 atom stereocenters. The molecular weight excluding hydrogens is 260 g/mol. The number of ether oxygens (including phenoxy) is 1. The molecule has 112 valence electrons. The van der Waals surface area contributed by atoms with Crippen molar-refractivity contribution in [2.24, 2.45) is 5.73 Å². The van der Waals surface area contributed by atoms with Gasteiger partial charge in [0, 0.05) is 24.8 Å². The quantitative estimate of drug-likeness (QED) is 0.606. The second-order valence-corrected chi connectivity index (χ2v) is 5.12. The van der Waals surface area contributed by atoms with Gasteiger partial charge in [-0.1, -0.05) is 0 Å². The molecule has 0 aromatic heterocycles. The van der Waals surface area contributed by atoms with E-state index >= 15 is 0 Å². The Morgan fingerprint density at radius 1 is 1.55 bits per heavy atom. The predicted molar refractivity (Wildman–Crippen MR) is 73.8 cm³/mol. The average Bonchev–Trinajstić information content (AvgIpc) is 2.39. The molecule has 0 radical (unpaired) electrons. The number of amides is 2. The van der Waals surface area contributed by atoms with Gasteiger partial charge in [-0.05, 0) is 26.3 Å². The first-order valence-corrected chi connectivity index (χ1v) is 7.02. The second-order valence-electron chi connectivity index (χ2n) is 5.12. The van der Waals surface area contributed by atoms with E-state index in [4.69, 9.17) is 10.5 Å². The molecule has 2 amide bonds. The fourth-order valence-corrected chi connectivity index (χ4v) is 2.54. The minimum absolute atomic E-state index is 0.160. The van der Waals surface area contributed by atoms with Crippen LogP contribution in [0.15, 0.2) is 11.3 Å². The normalized spacial score (nSPS) is 24.1. The molecule has 0 aliphatic carbocycles. The molecular formula is C13H22N4O3. The maximum absolute atomic E-state index is 11.9. The van der Waals surface area contributed by atoms with Crippen LogP contribution in [0.25, 0.3) is 0 Å². The molecule has 0 spiro atoms. The van der Waals surface area contributed by atoms with Crippen molar-refractivity contribution in [1.29, 1.82) is 0 Å². The zero-order chi connectivity index (χ0) is 14.5. The first-order valence-electron chi connectivity index (χ1n) is 7.02. The third-order valence-corrected chi connectivity index (χ3v) is 3.50. The van der Waals surface area contributed by atoms with Crippen molar-refractivity contribution >= 4 is 12.0 Å². The Morgan fingerprint density at radius 3 is 3.05 bits per heavy atom. The summed E-state index contributed by atoms with van der Waals surface area (Å²) in [5, 5.41) is 5.31. The van der Waals surface area contributed by atoms with Crippen LogP contribution in [0.3, 0.4) is 0 Å². The number of piperidine rings is 1. The Labute approximate surface area is 118 Å². The molecule has 0 bridgehead atoms. The monoisotopic (exact) mass is 282 g/mol. The number of nitrogens with zero attached hydrogens (tertiary/aromatic N) is 1. The van der Waals surface area contributed by atoms with Crippen molar-refractivity contribution in [2.45, 2.75) is 25.8 Å². The molecule has 7 heteroatoms.